The zero-order chi connectivity index (χ0) is 23.6. The molecule has 0 N–H and O–H groups in total. The summed E-state index contributed by atoms with van der Waals surface area (Å²) in [6.45, 7) is 4.79. The second-order valence-electron chi connectivity index (χ2n) is 7.30. The SMILES string of the molecule is CCN(CC)S(=O)(=O)c1ccc2c(c1)nc(SCc1cccc(Cl)c1F)n2Cc1ccco1. The summed E-state index contributed by atoms with van der Waals surface area (Å²) in [6, 6.07) is 13.5. The van der Waals surface area contributed by atoms with E-state index in [4.69, 9.17) is 21.0 Å². The van der Waals surface area contributed by atoms with E-state index in [1.54, 1.807) is 56.5 Å². The number of thioether (sulfide) groups is 1. The molecule has 0 atom stereocenters. The van der Waals surface area contributed by atoms with Gasteiger partial charge in [-0.05, 0) is 42.0 Å². The molecule has 10 heteroatoms. The Labute approximate surface area is 201 Å². The van der Waals surface area contributed by atoms with Gasteiger partial charge in [-0.3, -0.25) is 0 Å². The van der Waals surface area contributed by atoms with Crippen LogP contribution in [0, 0.1) is 5.82 Å². The average molecular weight is 508 g/mol. The Morgan fingerprint density at radius 3 is 2.64 bits per heavy atom. The van der Waals surface area contributed by atoms with Crippen LogP contribution in [0.4, 0.5) is 4.39 Å². The van der Waals surface area contributed by atoms with E-state index in [-0.39, 0.29) is 9.92 Å². The summed E-state index contributed by atoms with van der Waals surface area (Å²) < 4.78 is 49.2. The van der Waals surface area contributed by atoms with E-state index in [0.717, 1.165) is 11.3 Å². The van der Waals surface area contributed by atoms with E-state index in [1.165, 1.54) is 22.1 Å². The molecule has 4 rings (SSSR count). The number of rotatable bonds is 9. The lowest BCUT2D eigenvalue weighted by Crippen LogP contribution is -2.30. The van der Waals surface area contributed by atoms with Crippen LogP contribution in [0.25, 0.3) is 11.0 Å². The second kappa shape index (κ2) is 9.89. The van der Waals surface area contributed by atoms with Crippen LogP contribution in [0.2, 0.25) is 5.02 Å². The van der Waals surface area contributed by atoms with Gasteiger partial charge in [0, 0.05) is 18.8 Å². The van der Waals surface area contributed by atoms with Gasteiger partial charge in [0.1, 0.15) is 11.6 Å². The highest BCUT2D eigenvalue weighted by Gasteiger charge is 2.23. The fraction of sp³-hybridized carbons (Fsp3) is 0.261. The Morgan fingerprint density at radius 1 is 1.15 bits per heavy atom. The first kappa shape index (κ1) is 23.8. The van der Waals surface area contributed by atoms with Crippen molar-refractivity contribution in [3.05, 3.63) is 77.0 Å². The number of nitrogens with zero attached hydrogens (tertiary/aromatic N) is 3. The lowest BCUT2D eigenvalue weighted by molar-refractivity contribution is 0.445. The molecule has 0 saturated carbocycles. The highest BCUT2D eigenvalue weighted by Crippen LogP contribution is 2.31. The molecule has 4 aromatic rings. The second-order valence-corrected chi connectivity index (χ2v) is 10.6. The predicted octanol–water partition coefficient (Wildman–Crippen LogP) is 5.79. The number of sulfonamides is 1. The van der Waals surface area contributed by atoms with Gasteiger partial charge < -0.3 is 8.98 Å². The molecule has 0 aliphatic rings. The van der Waals surface area contributed by atoms with E-state index in [9.17, 15) is 12.8 Å². The Balaban J connectivity index is 1.74. The fourth-order valence-electron chi connectivity index (χ4n) is 3.58. The van der Waals surface area contributed by atoms with Crippen LogP contribution < -0.4 is 0 Å². The maximum Gasteiger partial charge on any atom is 0.243 e. The van der Waals surface area contributed by atoms with Gasteiger partial charge >= 0.3 is 0 Å². The van der Waals surface area contributed by atoms with Gasteiger partial charge in [0.05, 0.1) is 33.8 Å². The van der Waals surface area contributed by atoms with Crippen LogP contribution in [0.15, 0.2) is 69.3 Å². The van der Waals surface area contributed by atoms with Crippen molar-refractivity contribution in [3.8, 4) is 0 Å². The zero-order valence-electron chi connectivity index (χ0n) is 18.2. The topological polar surface area (TPSA) is 68.3 Å². The maximum atomic E-state index is 14.4. The molecular formula is C23H23ClFN3O3S2. The molecule has 0 fully saturated rings. The first-order valence-electron chi connectivity index (χ1n) is 10.4. The number of benzene rings is 2. The smallest absolute Gasteiger partial charge is 0.243 e. The van der Waals surface area contributed by atoms with E-state index in [0.29, 0.717) is 41.6 Å². The minimum atomic E-state index is -3.62. The highest BCUT2D eigenvalue weighted by molar-refractivity contribution is 7.98. The summed E-state index contributed by atoms with van der Waals surface area (Å²) in [4.78, 5) is 4.88. The first-order valence-corrected chi connectivity index (χ1v) is 13.2. The van der Waals surface area contributed by atoms with Crippen molar-refractivity contribution in [2.45, 2.75) is 36.2 Å². The lowest BCUT2D eigenvalue weighted by atomic mass is 10.2. The number of imidazole rings is 1. The van der Waals surface area contributed by atoms with Gasteiger partial charge in [0.25, 0.3) is 0 Å². The summed E-state index contributed by atoms with van der Waals surface area (Å²) in [5, 5.41) is 0.696. The summed E-state index contributed by atoms with van der Waals surface area (Å²) >= 11 is 7.27. The minimum Gasteiger partial charge on any atom is -0.467 e. The Kier molecular flexibility index (Phi) is 7.13. The van der Waals surface area contributed by atoms with Crippen molar-refractivity contribution in [2.24, 2.45) is 0 Å². The van der Waals surface area contributed by atoms with Crippen molar-refractivity contribution >= 4 is 44.4 Å². The zero-order valence-corrected chi connectivity index (χ0v) is 20.6. The average Bonchev–Trinajstić information content (AvgIpc) is 3.43. The van der Waals surface area contributed by atoms with Crippen LogP contribution in [0.3, 0.4) is 0 Å². The Bertz CT molecular complexity index is 1370. The monoisotopic (exact) mass is 507 g/mol. The standard InChI is InChI=1S/C23H23ClFN3O3S2/c1-3-27(4-2)33(29,30)18-10-11-21-20(13-18)26-23(28(21)14-17-8-6-12-31-17)32-15-16-7-5-9-19(24)22(16)25/h5-13H,3-4,14-15H2,1-2H3. The third kappa shape index (κ3) is 4.82. The molecular weight excluding hydrogens is 485 g/mol. The molecule has 0 spiro atoms. The number of fused-ring (bicyclic) bond motifs is 1. The molecule has 174 valence electrons. The molecule has 0 aliphatic heterocycles. The van der Waals surface area contributed by atoms with Crippen molar-refractivity contribution in [3.63, 3.8) is 0 Å². The molecule has 33 heavy (non-hydrogen) atoms. The normalized spacial score (nSPS) is 12.2. The molecule has 6 nitrogen and oxygen atoms in total. The third-order valence-electron chi connectivity index (χ3n) is 5.31. The van der Waals surface area contributed by atoms with Gasteiger partial charge in [-0.15, -0.1) is 0 Å². The highest BCUT2D eigenvalue weighted by atomic mass is 35.5. The molecule has 2 heterocycles. The van der Waals surface area contributed by atoms with Gasteiger partial charge in [-0.1, -0.05) is 49.3 Å². The van der Waals surface area contributed by atoms with Crippen LogP contribution in [-0.4, -0.2) is 35.4 Å². The molecule has 0 bridgehead atoms. The quantitative estimate of drug-likeness (QED) is 0.268. The number of furan rings is 1. The van der Waals surface area contributed by atoms with Gasteiger partial charge in [0.2, 0.25) is 10.0 Å². The van der Waals surface area contributed by atoms with Crippen LogP contribution in [-0.2, 0) is 22.3 Å². The van der Waals surface area contributed by atoms with E-state index in [2.05, 4.69) is 0 Å². The predicted molar refractivity (Wildman–Crippen MR) is 129 cm³/mol. The number of hydrogen-bond acceptors (Lipinski definition) is 5. The molecule has 0 saturated heterocycles. The Hall–Kier alpha value is -2.33. The maximum absolute atomic E-state index is 14.4. The van der Waals surface area contributed by atoms with E-state index >= 15 is 0 Å². The lowest BCUT2D eigenvalue weighted by Gasteiger charge is -2.18. The summed E-state index contributed by atoms with van der Waals surface area (Å²) in [7, 11) is -3.62. The van der Waals surface area contributed by atoms with Crippen LogP contribution >= 0.6 is 23.4 Å². The third-order valence-corrected chi connectivity index (χ3v) is 8.67. The molecule has 0 radical (unpaired) electrons. The molecule has 2 aromatic heterocycles. The molecule has 0 aliphatic carbocycles. The van der Waals surface area contributed by atoms with Crippen molar-refractivity contribution in [1.29, 1.82) is 0 Å². The van der Waals surface area contributed by atoms with Gasteiger partial charge in [-0.2, -0.15) is 4.31 Å². The number of aromatic nitrogens is 2. The molecule has 0 amide bonds. The molecule has 0 unspecified atom stereocenters. The summed E-state index contributed by atoms with van der Waals surface area (Å²) in [6.07, 6.45) is 1.59. The van der Waals surface area contributed by atoms with Gasteiger partial charge in [0.15, 0.2) is 5.16 Å². The molecule has 2 aromatic carbocycles. The largest absolute Gasteiger partial charge is 0.467 e. The van der Waals surface area contributed by atoms with E-state index in [1.807, 2.05) is 10.6 Å². The Morgan fingerprint density at radius 2 is 1.94 bits per heavy atom. The number of halogens is 2. The van der Waals surface area contributed by atoms with Crippen molar-refractivity contribution in [1.82, 2.24) is 13.9 Å². The summed E-state index contributed by atoms with van der Waals surface area (Å²) in [5.74, 6) is 0.594. The fourth-order valence-corrected chi connectivity index (χ4v) is 6.25. The number of hydrogen-bond donors (Lipinski definition) is 0. The van der Waals surface area contributed by atoms with Crippen LogP contribution in [0.1, 0.15) is 25.2 Å². The van der Waals surface area contributed by atoms with Gasteiger partial charge in [-0.25, -0.2) is 17.8 Å². The van der Waals surface area contributed by atoms with E-state index < -0.39 is 15.8 Å². The van der Waals surface area contributed by atoms with Crippen LogP contribution in [0.5, 0.6) is 0 Å². The first-order chi connectivity index (χ1) is 15.8. The summed E-state index contributed by atoms with van der Waals surface area (Å²) in [5.41, 5.74) is 1.77. The van der Waals surface area contributed by atoms with Crippen molar-refractivity contribution < 1.29 is 17.2 Å². The van der Waals surface area contributed by atoms with Crippen molar-refractivity contribution in [2.75, 3.05) is 13.1 Å². The minimum absolute atomic E-state index is 0.0726.